The Labute approximate surface area is 61.2 Å². The summed E-state index contributed by atoms with van der Waals surface area (Å²) in [7, 11) is 1.68. The van der Waals surface area contributed by atoms with Crippen LogP contribution in [-0.2, 0) is 4.79 Å². The molecule has 0 aliphatic carbocycles. The minimum absolute atomic E-state index is 0.138. The van der Waals surface area contributed by atoms with Crippen molar-refractivity contribution in [3.05, 3.63) is 0 Å². The first-order chi connectivity index (χ1) is 4.83. The summed E-state index contributed by atoms with van der Waals surface area (Å²) >= 11 is 0. The second-order valence-electron chi connectivity index (χ2n) is 2.67. The summed E-state index contributed by atoms with van der Waals surface area (Å²) in [4.78, 5) is 10.8. The lowest BCUT2D eigenvalue weighted by molar-refractivity contribution is -0.121. The lowest BCUT2D eigenvalue weighted by atomic mass is 10.1. The first-order valence-corrected chi connectivity index (χ1v) is 3.77. The molecule has 1 atom stereocenters. The van der Waals surface area contributed by atoms with E-state index >= 15 is 0 Å². The minimum atomic E-state index is 0.138. The Morgan fingerprint density at radius 3 is 3.10 bits per heavy atom. The Hall–Kier alpha value is -0.570. The predicted molar refractivity (Wildman–Crippen MR) is 39.7 cm³/mol. The summed E-state index contributed by atoms with van der Waals surface area (Å²) in [6.07, 6.45) is 2.99. The van der Waals surface area contributed by atoms with Gasteiger partial charge in [0.05, 0.1) is 0 Å². The molecule has 10 heavy (non-hydrogen) atoms. The van der Waals surface area contributed by atoms with E-state index in [1.807, 2.05) is 0 Å². The van der Waals surface area contributed by atoms with Crippen LogP contribution in [0.1, 0.15) is 19.3 Å². The molecule has 0 spiro atoms. The fraction of sp³-hybridized carbons (Fsp3) is 0.857. The van der Waals surface area contributed by atoms with E-state index in [9.17, 15) is 4.79 Å². The van der Waals surface area contributed by atoms with E-state index in [-0.39, 0.29) is 5.91 Å². The Morgan fingerprint density at radius 1 is 1.80 bits per heavy atom. The van der Waals surface area contributed by atoms with Crippen molar-refractivity contribution in [1.29, 1.82) is 0 Å². The summed E-state index contributed by atoms with van der Waals surface area (Å²) < 4.78 is 0. The molecule has 0 saturated carbocycles. The van der Waals surface area contributed by atoms with Crippen molar-refractivity contribution in [2.45, 2.75) is 25.3 Å². The summed E-state index contributed by atoms with van der Waals surface area (Å²) in [6.45, 7) is 1.07. The molecule has 58 valence electrons. The van der Waals surface area contributed by atoms with Gasteiger partial charge in [0.25, 0.3) is 0 Å². The van der Waals surface area contributed by atoms with Gasteiger partial charge < -0.3 is 10.6 Å². The van der Waals surface area contributed by atoms with Gasteiger partial charge in [-0.05, 0) is 19.4 Å². The van der Waals surface area contributed by atoms with E-state index in [0.717, 1.165) is 13.0 Å². The van der Waals surface area contributed by atoms with Crippen LogP contribution in [0.5, 0.6) is 0 Å². The molecule has 3 heteroatoms. The van der Waals surface area contributed by atoms with E-state index < -0.39 is 0 Å². The van der Waals surface area contributed by atoms with E-state index in [0.29, 0.717) is 12.5 Å². The van der Waals surface area contributed by atoms with Crippen LogP contribution in [0.15, 0.2) is 0 Å². The minimum Gasteiger partial charge on any atom is -0.359 e. The Morgan fingerprint density at radius 2 is 2.60 bits per heavy atom. The molecule has 1 amide bonds. The second-order valence-corrected chi connectivity index (χ2v) is 2.67. The quantitative estimate of drug-likeness (QED) is 0.564. The molecule has 2 N–H and O–H groups in total. The van der Waals surface area contributed by atoms with Crippen LogP contribution in [0.4, 0.5) is 0 Å². The molecule has 1 aliphatic rings. The molecule has 0 bridgehead atoms. The van der Waals surface area contributed by atoms with E-state index in [2.05, 4.69) is 10.6 Å². The second kappa shape index (κ2) is 3.56. The molecule has 1 fully saturated rings. The van der Waals surface area contributed by atoms with Crippen LogP contribution < -0.4 is 10.6 Å². The highest BCUT2D eigenvalue weighted by atomic mass is 16.1. The average molecular weight is 142 g/mol. The largest absolute Gasteiger partial charge is 0.359 e. The molecule has 1 rings (SSSR count). The first kappa shape index (κ1) is 7.54. The third kappa shape index (κ3) is 1.99. The van der Waals surface area contributed by atoms with Crippen LogP contribution in [0.25, 0.3) is 0 Å². The Bertz CT molecular complexity index is 119. The highest BCUT2D eigenvalue weighted by Gasteiger charge is 2.16. The fourth-order valence-electron chi connectivity index (χ4n) is 1.26. The number of hydrogen-bond donors (Lipinski definition) is 2. The van der Waals surface area contributed by atoms with Gasteiger partial charge in [0, 0.05) is 19.5 Å². The monoisotopic (exact) mass is 142 g/mol. The molecule has 0 aromatic carbocycles. The molecule has 0 aromatic heterocycles. The zero-order valence-electron chi connectivity index (χ0n) is 6.31. The molecular formula is C7H14N2O. The van der Waals surface area contributed by atoms with Gasteiger partial charge in [-0.1, -0.05) is 0 Å². The van der Waals surface area contributed by atoms with E-state index in [1.165, 1.54) is 6.42 Å². The lowest BCUT2D eigenvalue weighted by Gasteiger charge is -2.07. The summed E-state index contributed by atoms with van der Waals surface area (Å²) in [6, 6.07) is 0.431. The van der Waals surface area contributed by atoms with Crippen LogP contribution in [0, 0.1) is 0 Å². The molecule has 1 heterocycles. The summed E-state index contributed by atoms with van der Waals surface area (Å²) in [5, 5.41) is 5.87. The number of rotatable bonds is 2. The first-order valence-electron chi connectivity index (χ1n) is 3.77. The van der Waals surface area contributed by atoms with Gasteiger partial charge in [0.1, 0.15) is 0 Å². The Balaban J connectivity index is 2.17. The smallest absolute Gasteiger partial charge is 0.221 e. The van der Waals surface area contributed by atoms with Gasteiger partial charge in [-0.2, -0.15) is 0 Å². The van der Waals surface area contributed by atoms with Crippen molar-refractivity contribution in [2.75, 3.05) is 13.6 Å². The van der Waals surface area contributed by atoms with Crippen molar-refractivity contribution < 1.29 is 4.79 Å². The topological polar surface area (TPSA) is 41.1 Å². The predicted octanol–water partition coefficient (Wildman–Crippen LogP) is -0.126. The number of nitrogens with one attached hydrogen (secondary N) is 2. The van der Waals surface area contributed by atoms with Crippen molar-refractivity contribution in [1.82, 2.24) is 10.6 Å². The van der Waals surface area contributed by atoms with Crippen LogP contribution in [0.2, 0.25) is 0 Å². The fourth-order valence-corrected chi connectivity index (χ4v) is 1.26. The summed E-state index contributed by atoms with van der Waals surface area (Å²) in [5.74, 6) is 0.138. The van der Waals surface area contributed by atoms with Crippen molar-refractivity contribution in [3.63, 3.8) is 0 Å². The molecular weight excluding hydrogens is 128 g/mol. The third-order valence-corrected chi connectivity index (χ3v) is 1.87. The number of carbonyl (C=O) groups excluding carboxylic acids is 1. The van der Waals surface area contributed by atoms with Gasteiger partial charge in [-0.3, -0.25) is 4.79 Å². The van der Waals surface area contributed by atoms with Gasteiger partial charge in [-0.25, -0.2) is 0 Å². The number of hydrogen-bond acceptors (Lipinski definition) is 2. The molecule has 0 radical (unpaired) electrons. The van der Waals surface area contributed by atoms with E-state index in [1.54, 1.807) is 7.05 Å². The molecule has 1 saturated heterocycles. The van der Waals surface area contributed by atoms with Gasteiger partial charge in [-0.15, -0.1) is 0 Å². The third-order valence-electron chi connectivity index (χ3n) is 1.87. The van der Waals surface area contributed by atoms with Crippen LogP contribution in [-0.4, -0.2) is 25.5 Å². The highest BCUT2D eigenvalue weighted by molar-refractivity contribution is 5.76. The number of amides is 1. The normalized spacial score (nSPS) is 24.7. The van der Waals surface area contributed by atoms with Gasteiger partial charge >= 0.3 is 0 Å². The lowest BCUT2D eigenvalue weighted by Crippen LogP contribution is -2.29. The van der Waals surface area contributed by atoms with E-state index in [4.69, 9.17) is 0 Å². The maximum atomic E-state index is 10.8. The number of carbonyl (C=O) groups is 1. The maximum absolute atomic E-state index is 10.8. The zero-order chi connectivity index (χ0) is 7.40. The Kier molecular flexibility index (Phi) is 2.68. The SMILES string of the molecule is CNC(=O)CC1CCCN1. The molecule has 3 nitrogen and oxygen atoms in total. The van der Waals surface area contributed by atoms with Gasteiger partial charge in [0.2, 0.25) is 5.91 Å². The standard InChI is InChI=1S/C7H14N2O/c1-8-7(10)5-6-3-2-4-9-6/h6,9H,2-5H2,1H3,(H,8,10). The van der Waals surface area contributed by atoms with Crippen molar-refractivity contribution >= 4 is 5.91 Å². The molecule has 1 aliphatic heterocycles. The van der Waals surface area contributed by atoms with Crippen LogP contribution >= 0.6 is 0 Å². The van der Waals surface area contributed by atoms with Gasteiger partial charge in [0.15, 0.2) is 0 Å². The maximum Gasteiger partial charge on any atom is 0.221 e. The van der Waals surface area contributed by atoms with Crippen LogP contribution in [0.3, 0.4) is 0 Å². The van der Waals surface area contributed by atoms with Crippen molar-refractivity contribution in [2.24, 2.45) is 0 Å². The highest BCUT2D eigenvalue weighted by Crippen LogP contribution is 2.07. The molecule has 1 unspecified atom stereocenters. The average Bonchev–Trinajstić information content (AvgIpc) is 2.40. The molecule has 0 aromatic rings. The summed E-state index contributed by atoms with van der Waals surface area (Å²) in [5.41, 5.74) is 0. The zero-order valence-corrected chi connectivity index (χ0v) is 6.31. The van der Waals surface area contributed by atoms with Crippen molar-refractivity contribution in [3.8, 4) is 0 Å².